The number of benzene rings is 1. The number of nitrogens with zero attached hydrogens (tertiary/aromatic N) is 2. The lowest BCUT2D eigenvalue weighted by Gasteiger charge is -2.12. The highest BCUT2D eigenvalue weighted by Crippen LogP contribution is 2.21. The van der Waals surface area contributed by atoms with Crippen LogP contribution in [0, 0.1) is 0 Å². The van der Waals surface area contributed by atoms with Crippen molar-refractivity contribution < 1.29 is 12.9 Å². The lowest BCUT2D eigenvalue weighted by atomic mass is 10.2. The number of aromatic nitrogens is 2. The molecule has 2 N–H and O–H groups in total. The Balaban J connectivity index is 2.03. The van der Waals surface area contributed by atoms with E-state index < -0.39 is 10.0 Å². The van der Waals surface area contributed by atoms with Gasteiger partial charge in [0.2, 0.25) is 15.9 Å². The highest BCUT2D eigenvalue weighted by Gasteiger charge is 2.15. The maximum absolute atomic E-state index is 11.2. The molecule has 120 valence electrons. The van der Waals surface area contributed by atoms with E-state index in [1.54, 1.807) is 24.3 Å². The lowest BCUT2D eigenvalue weighted by molar-refractivity contribution is 0.361. The van der Waals surface area contributed by atoms with Crippen LogP contribution in [0.4, 0.5) is 11.4 Å². The second-order valence-corrected chi connectivity index (χ2v) is 7.21. The Labute approximate surface area is 130 Å². The minimum atomic E-state index is -3.27. The van der Waals surface area contributed by atoms with Crippen LogP contribution >= 0.6 is 0 Å². The zero-order valence-electron chi connectivity index (χ0n) is 13.0. The van der Waals surface area contributed by atoms with E-state index in [2.05, 4.69) is 20.2 Å². The molecular weight excluding hydrogens is 304 g/mol. The fraction of sp³-hybridized carbons (Fsp3) is 0.429. The third kappa shape index (κ3) is 4.45. The fourth-order valence-electron chi connectivity index (χ4n) is 1.82. The van der Waals surface area contributed by atoms with Crippen LogP contribution in [-0.2, 0) is 10.0 Å². The summed E-state index contributed by atoms with van der Waals surface area (Å²) in [5.41, 5.74) is 1.34. The molecule has 0 radical (unpaired) electrons. The van der Waals surface area contributed by atoms with Crippen molar-refractivity contribution in [1.29, 1.82) is 0 Å². The molecule has 2 rings (SSSR count). The molecule has 0 amide bonds. The Hall–Kier alpha value is -2.09. The summed E-state index contributed by atoms with van der Waals surface area (Å²) in [4.78, 5) is 4.34. The number of hydrogen-bond acceptors (Lipinski definition) is 6. The van der Waals surface area contributed by atoms with Gasteiger partial charge in [-0.25, -0.2) is 8.42 Å². The third-order valence-corrected chi connectivity index (χ3v) is 3.52. The summed E-state index contributed by atoms with van der Waals surface area (Å²) in [6.45, 7) is 5.92. The molecule has 1 heterocycles. The van der Waals surface area contributed by atoms with Crippen molar-refractivity contribution in [2.75, 3.05) is 16.3 Å². The minimum absolute atomic E-state index is 0.145. The molecule has 0 bridgehead atoms. The van der Waals surface area contributed by atoms with Crippen molar-refractivity contribution in [2.24, 2.45) is 0 Å². The van der Waals surface area contributed by atoms with Gasteiger partial charge in [-0.05, 0) is 31.2 Å². The molecule has 0 fully saturated rings. The van der Waals surface area contributed by atoms with Gasteiger partial charge >= 0.3 is 0 Å². The highest BCUT2D eigenvalue weighted by atomic mass is 32.2. The summed E-state index contributed by atoms with van der Waals surface area (Å²) < 4.78 is 29.9. The van der Waals surface area contributed by atoms with Crippen molar-refractivity contribution >= 4 is 21.4 Å². The predicted molar refractivity (Wildman–Crippen MR) is 85.3 cm³/mol. The Morgan fingerprint density at radius 1 is 1.09 bits per heavy atom. The molecule has 0 aliphatic rings. The van der Waals surface area contributed by atoms with E-state index in [-0.39, 0.29) is 12.0 Å². The number of hydrogen-bond donors (Lipinski definition) is 2. The van der Waals surface area contributed by atoms with Gasteiger partial charge < -0.3 is 9.84 Å². The summed E-state index contributed by atoms with van der Waals surface area (Å²) in [6, 6.07) is 6.79. The molecule has 1 aromatic carbocycles. The van der Waals surface area contributed by atoms with Crippen molar-refractivity contribution in [3.05, 3.63) is 36.0 Å². The van der Waals surface area contributed by atoms with E-state index in [4.69, 9.17) is 4.52 Å². The second kappa shape index (κ2) is 6.35. The van der Waals surface area contributed by atoms with Crippen LogP contribution in [0.1, 0.15) is 44.4 Å². The van der Waals surface area contributed by atoms with Gasteiger partial charge in [-0.3, -0.25) is 4.72 Å². The first-order chi connectivity index (χ1) is 10.2. The van der Waals surface area contributed by atoms with Crippen LogP contribution in [0.25, 0.3) is 0 Å². The van der Waals surface area contributed by atoms with Crippen LogP contribution in [0.5, 0.6) is 0 Å². The Bertz CT molecular complexity index is 723. The van der Waals surface area contributed by atoms with Gasteiger partial charge in [-0.2, -0.15) is 4.98 Å². The number of rotatable bonds is 6. The topological polar surface area (TPSA) is 97.1 Å². The molecule has 0 saturated carbocycles. The van der Waals surface area contributed by atoms with Gasteiger partial charge in [0.05, 0.1) is 6.26 Å². The van der Waals surface area contributed by atoms with Gasteiger partial charge in [-0.15, -0.1) is 0 Å². The Morgan fingerprint density at radius 3 is 2.18 bits per heavy atom. The highest BCUT2D eigenvalue weighted by molar-refractivity contribution is 7.92. The standard InChI is InChI=1S/C14H20N4O3S/c1-9(2)13-16-14(21-17-13)10(3)15-11-5-7-12(8-6-11)18-22(4,19)20/h5-10,15,18H,1-4H3/t10-/m1/s1. The molecule has 0 aliphatic carbocycles. The maximum atomic E-state index is 11.2. The van der Waals surface area contributed by atoms with Crippen molar-refractivity contribution in [3.8, 4) is 0 Å². The van der Waals surface area contributed by atoms with Gasteiger partial charge in [0.1, 0.15) is 6.04 Å². The first-order valence-electron chi connectivity index (χ1n) is 6.92. The largest absolute Gasteiger partial charge is 0.374 e. The monoisotopic (exact) mass is 324 g/mol. The second-order valence-electron chi connectivity index (χ2n) is 5.46. The molecule has 0 spiro atoms. The number of nitrogens with one attached hydrogen (secondary N) is 2. The number of sulfonamides is 1. The Kier molecular flexibility index (Phi) is 4.70. The van der Waals surface area contributed by atoms with Crippen LogP contribution in [0.2, 0.25) is 0 Å². The zero-order valence-corrected chi connectivity index (χ0v) is 13.8. The van der Waals surface area contributed by atoms with Crippen LogP contribution in [0.3, 0.4) is 0 Å². The van der Waals surface area contributed by atoms with E-state index in [0.717, 1.165) is 11.9 Å². The number of anilines is 2. The van der Waals surface area contributed by atoms with Gasteiger partial charge in [0.25, 0.3) is 0 Å². The third-order valence-electron chi connectivity index (χ3n) is 2.92. The van der Waals surface area contributed by atoms with E-state index in [9.17, 15) is 8.42 Å². The molecule has 0 aliphatic heterocycles. The van der Waals surface area contributed by atoms with Crippen molar-refractivity contribution in [3.63, 3.8) is 0 Å². The van der Waals surface area contributed by atoms with Crippen molar-refractivity contribution in [2.45, 2.75) is 32.7 Å². The van der Waals surface area contributed by atoms with E-state index in [0.29, 0.717) is 17.4 Å². The SMILES string of the molecule is CC(C)c1noc([C@@H](C)Nc2ccc(NS(C)(=O)=O)cc2)n1. The van der Waals surface area contributed by atoms with Gasteiger partial charge in [0, 0.05) is 17.3 Å². The summed E-state index contributed by atoms with van der Waals surface area (Å²) in [6.07, 6.45) is 1.11. The Morgan fingerprint density at radius 2 is 1.68 bits per heavy atom. The molecule has 1 aromatic heterocycles. The van der Waals surface area contributed by atoms with Gasteiger partial charge in [-0.1, -0.05) is 19.0 Å². The molecule has 1 atom stereocenters. The first-order valence-corrected chi connectivity index (χ1v) is 8.81. The average molecular weight is 324 g/mol. The van der Waals surface area contributed by atoms with Crippen LogP contribution in [0.15, 0.2) is 28.8 Å². The quantitative estimate of drug-likeness (QED) is 0.848. The predicted octanol–water partition coefficient (Wildman–Crippen LogP) is 2.74. The average Bonchev–Trinajstić information content (AvgIpc) is 2.89. The maximum Gasteiger partial charge on any atom is 0.248 e. The smallest absolute Gasteiger partial charge is 0.248 e. The molecule has 22 heavy (non-hydrogen) atoms. The summed E-state index contributed by atoms with van der Waals surface area (Å²) in [5.74, 6) is 1.41. The van der Waals surface area contributed by atoms with E-state index >= 15 is 0 Å². The van der Waals surface area contributed by atoms with Crippen LogP contribution in [-0.4, -0.2) is 24.8 Å². The summed E-state index contributed by atoms with van der Waals surface area (Å²) in [5, 5.41) is 7.16. The van der Waals surface area contributed by atoms with Crippen molar-refractivity contribution in [1.82, 2.24) is 10.1 Å². The first kappa shape index (κ1) is 16.3. The molecular formula is C14H20N4O3S. The molecule has 0 saturated heterocycles. The molecule has 2 aromatic rings. The molecule has 8 heteroatoms. The molecule has 0 unspecified atom stereocenters. The van der Waals surface area contributed by atoms with E-state index in [1.807, 2.05) is 20.8 Å². The normalized spacial score (nSPS) is 13.1. The molecule has 7 nitrogen and oxygen atoms in total. The van der Waals surface area contributed by atoms with E-state index in [1.165, 1.54) is 0 Å². The zero-order chi connectivity index (χ0) is 16.3. The van der Waals surface area contributed by atoms with Gasteiger partial charge in [0.15, 0.2) is 5.82 Å². The summed E-state index contributed by atoms with van der Waals surface area (Å²) >= 11 is 0. The fourth-order valence-corrected chi connectivity index (χ4v) is 2.38. The summed E-state index contributed by atoms with van der Waals surface area (Å²) in [7, 11) is -3.27. The van der Waals surface area contributed by atoms with Crippen LogP contribution < -0.4 is 10.0 Å². The lowest BCUT2D eigenvalue weighted by Crippen LogP contribution is -2.10. The minimum Gasteiger partial charge on any atom is -0.374 e.